The van der Waals surface area contributed by atoms with Gasteiger partial charge in [0.15, 0.2) is 12.1 Å². The van der Waals surface area contributed by atoms with E-state index in [2.05, 4.69) is 0 Å². The highest BCUT2D eigenvalue weighted by molar-refractivity contribution is 6.23. The summed E-state index contributed by atoms with van der Waals surface area (Å²) < 4.78 is 0. The molecule has 0 aliphatic carbocycles. The number of carbonyl (C=O) groups excluding carboxylic acids is 4. The molecular formula is C26H36N4O4+2. The Morgan fingerprint density at radius 2 is 0.853 bits per heavy atom. The Kier molecular flexibility index (Phi) is 6.79. The second-order valence-electron chi connectivity index (χ2n) is 10.3. The van der Waals surface area contributed by atoms with E-state index in [-0.39, 0.29) is 48.6 Å². The predicted octanol–water partition coefficient (Wildman–Crippen LogP) is -0.132. The standard InChI is InChI=1S/C26H34N4O4/c31-23-17-21(27-13-5-1-2-6-14-27)25(33)29(23)19-9-11-20(12-10-19)30-24(32)18-22(26(30)34)28-15-7-3-4-8-16-28/h9-12,21-22H,1-8,13-18H2/p+2/t21-,22+. The van der Waals surface area contributed by atoms with E-state index in [0.29, 0.717) is 11.4 Å². The first-order valence-electron chi connectivity index (χ1n) is 13.1. The van der Waals surface area contributed by atoms with Crippen molar-refractivity contribution in [2.24, 2.45) is 0 Å². The molecule has 182 valence electrons. The molecule has 34 heavy (non-hydrogen) atoms. The van der Waals surface area contributed by atoms with Crippen molar-refractivity contribution < 1.29 is 29.0 Å². The maximum atomic E-state index is 13.2. The molecule has 2 N–H and O–H groups in total. The maximum absolute atomic E-state index is 13.2. The molecule has 0 radical (unpaired) electrons. The van der Waals surface area contributed by atoms with E-state index in [1.807, 2.05) is 0 Å². The van der Waals surface area contributed by atoms with E-state index in [4.69, 9.17) is 0 Å². The van der Waals surface area contributed by atoms with Crippen LogP contribution in [0.3, 0.4) is 0 Å². The van der Waals surface area contributed by atoms with Gasteiger partial charge in [0.25, 0.3) is 11.8 Å². The summed E-state index contributed by atoms with van der Waals surface area (Å²) in [7, 11) is 0. The summed E-state index contributed by atoms with van der Waals surface area (Å²) in [5.74, 6) is -0.601. The van der Waals surface area contributed by atoms with Gasteiger partial charge in [-0.1, -0.05) is 0 Å². The van der Waals surface area contributed by atoms with E-state index in [1.165, 1.54) is 45.3 Å². The van der Waals surface area contributed by atoms with Gasteiger partial charge in [-0.05, 0) is 75.6 Å². The van der Waals surface area contributed by atoms with Crippen LogP contribution in [0.1, 0.15) is 64.2 Å². The molecule has 4 aliphatic rings. The summed E-state index contributed by atoms with van der Waals surface area (Å²) in [6.07, 6.45) is 9.66. The molecule has 0 unspecified atom stereocenters. The number of likely N-dealkylation sites (tertiary alicyclic amines) is 2. The smallest absolute Gasteiger partial charge is 0.292 e. The number of nitrogens with one attached hydrogen (secondary N) is 2. The molecule has 1 aromatic rings. The molecule has 0 saturated carbocycles. The Bertz CT molecular complexity index is 869. The molecule has 4 saturated heterocycles. The van der Waals surface area contributed by atoms with E-state index in [1.54, 1.807) is 24.3 Å². The summed E-state index contributed by atoms with van der Waals surface area (Å²) in [5.41, 5.74) is 1.04. The summed E-state index contributed by atoms with van der Waals surface area (Å²) in [6, 6.07) is 6.17. The lowest BCUT2D eigenvalue weighted by Gasteiger charge is -2.23. The second kappa shape index (κ2) is 9.96. The molecular weight excluding hydrogens is 432 g/mol. The summed E-state index contributed by atoms with van der Waals surface area (Å²) in [6.45, 7) is 3.76. The summed E-state index contributed by atoms with van der Waals surface area (Å²) >= 11 is 0. The highest BCUT2D eigenvalue weighted by atomic mass is 16.2. The van der Waals surface area contributed by atoms with Crippen molar-refractivity contribution in [1.82, 2.24) is 0 Å². The van der Waals surface area contributed by atoms with Crippen LogP contribution in [0, 0.1) is 0 Å². The van der Waals surface area contributed by atoms with Gasteiger partial charge < -0.3 is 9.80 Å². The number of anilines is 2. The van der Waals surface area contributed by atoms with Gasteiger partial charge in [0.2, 0.25) is 11.8 Å². The number of imide groups is 2. The first-order valence-corrected chi connectivity index (χ1v) is 13.1. The largest absolute Gasteiger partial charge is 0.324 e. The van der Waals surface area contributed by atoms with Crippen LogP contribution in [0.2, 0.25) is 0 Å². The monoisotopic (exact) mass is 468 g/mol. The lowest BCUT2D eigenvalue weighted by molar-refractivity contribution is -0.914. The zero-order valence-electron chi connectivity index (χ0n) is 19.9. The fourth-order valence-electron chi connectivity index (χ4n) is 6.26. The zero-order chi connectivity index (χ0) is 23.7. The van der Waals surface area contributed by atoms with Crippen molar-refractivity contribution in [2.75, 3.05) is 36.0 Å². The SMILES string of the molecule is O=C1C[C@@H]([NH+]2CCCCCC2)C(=O)N1c1ccc(N2C(=O)C[C@H]([NH+]3CCCCCC3)C2=O)cc1. The van der Waals surface area contributed by atoms with Crippen molar-refractivity contribution >= 4 is 35.0 Å². The minimum atomic E-state index is -0.302. The Morgan fingerprint density at radius 3 is 1.18 bits per heavy atom. The number of quaternary nitrogens is 2. The van der Waals surface area contributed by atoms with Crippen molar-refractivity contribution in [3.05, 3.63) is 24.3 Å². The van der Waals surface area contributed by atoms with Crippen LogP contribution in [-0.4, -0.2) is 61.9 Å². The number of carbonyl (C=O) groups is 4. The number of rotatable bonds is 4. The molecule has 4 heterocycles. The second-order valence-corrected chi connectivity index (χ2v) is 10.3. The van der Waals surface area contributed by atoms with Crippen molar-refractivity contribution in [3.63, 3.8) is 0 Å². The summed E-state index contributed by atoms with van der Waals surface area (Å²) in [5, 5.41) is 0. The van der Waals surface area contributed by atoms with Crippen LogP contribution < -0.4 is 19.6 Å². The van der Waals surface area contributed by atoms with Gasteiger partial charge in [-0.25, -0.2) is 9.80 Å². The Morgan fingerprint density at radius 1 is 0.529 bits per heavy atom. The van der Waals surface area contributed by atoms with Crippen molar-refractivity contribution in [3.8, 4) is 0 Å². The topological polar surface area (TPSA) is 83.6 Å². The Hall–Kier alpha value is -2.58. The first kappa shape index (κ1) is 23.2. The van der Waals surface area contributed by atoms with Gasteiger partial charge >= 0.3 is 0 Å². The predicted molar refractivity (Wildman–Crippen MR) is 127 cm³/mol. The van der Waals surface area contributed by atoms with Crippen LogP contribution in [0.25, 0.3) is 0 Å². The molecule has 8 heteroatoms. The molecule has 4 aliphatic heterocycles. The van der Waals surface area contributed by atoms with Gasteiger partial charge in [0, 0.05) is 0 Å². The van der Waals surface area contributed by atoms with Gasteiger partial charge in [0.1, 0.15) is 0 Å². The lowest BCUT2D eigenvalue weighted by atomic mass is 10.2. The number of nitrogens with zero attached hydrogens (tertiary/aromatic N) is 2. The Labute approximate surface area is 200 Å². The van der Waals surface area contributed by atoms with Crippen LogP contribution >= 0.6 is 0 Å². The Balaban J connectivity index is 1.29. The third-order valence-corrected chi connectivity index (χ3v) is 8.14. The molecule has 2 atom stereocenters. The van der Waals surface area contributed by atoms with Gasteiger partial charge in [0.05, 0.1) is 50.4 Å². The van der Waals surface area contributed by atoms with Crippen LogP contribution in [0.5, 0.6) is 0 Å². The molecule has 0 bridgehead atoms. The highest BCUT2D eigenvalue weighted by Gasteiger charge is 2.47. The lowest BCUT2D eigenvalue weighted by Crippen LogP contribution is -3.16. The van der Waals surface area contributed by atoms with Crippen molar-refractivity contribution in [1.29, 1.82) is 0 Å². The van der Waals surface area contributed by atoms with E-state index in [9.17, 15) is 19.2 Å². The molecule has 4 amide bonds. The molecule has 8 nitrogen and oxygen atoms in total. The molecule has 5 rings (SSSR count). The van der Waals surface area contributed by atoms with Gasteiger partial charge in [-0.15, -0.1) is 0 Å². The van der Waals surface area contributed by atoms with Crippen LogP contribution in [0.4, 0.5) is 11.4 Å². The van der Waals surface area contributed by atoms with E-state index in [0.717, 1.165) is 51.9 Å². The first-order chi connectivity index (χ1) is 16.5. The quantitative estimate of drug-likeness (QED) is 0.603. The maximum Gasteiger partial charge on any atom is 0.292 e. The molecule has 1 aromatic carbocycles. The average molecular weight is 469 g/mol. The minimum absolute atomic E-state index is 0.132. The highest BCUT2D eigenvalue weighted by Crippen LogP contribution is 2.28. The molecule has 4 fully saturated rings. The third-order valence-electron chi connectivity index (χ3n) is 8.14. The summed E-state index contributed by atoms with van der Waals surface area (Å²) in [4.78, 5) is 57.0. The van der Waals surface area contributed by atoms with Gasteiger partial charge in [-0.3, -0.25) is 19.2 Å². The zero-order valence-corrected chi connectivity index (χ0v) is 19.9. The van der Waals surface area contributed by atoms with E-state index < -0.39 is 0 Å². The number of hydrogen-bond donors (Lipinski definition) is 2. The molecule has 0 spiro atoms. The van der Waals surface area contributed by atoms with E-state index >= 15 is 0 Å². The van der Waals surface area contributed by atoms with Crippen LogP contribution in [0.15, 0.2) is 24.3 Å². The molecule has 0 aromatic heterocycles. The average Bonchev–Trinajstić information content (AvgIpc) is 3.09. The fraction of sp³-hybridized carbons (Fsp3) is 0.615. The van der Waals surface area contributed by atoms with Crippen LogP contribution in [-0.2, 0) is 19.2 Å². The van der Waals surface area contributed by atoms with Crippen molar-refractivity contribution in [2.45, 2.75) is 76.3 Å². The normalized spacial score (nSPS) is 28.0. The number of hydrogen-bond acceptors (Lipinski definition) is 4. The van der Waals surface area contributed by atoms with Gasteiger partial charge in [-0.2, -0.15) is 0 Å². The minimum Gasteiger partial charge on any atom is -0.324 e. The third kappa shape index (κ3) is 4.41. The fourth-order valence-corrected chi connectivity index (χ4v) is 6.26. The number of benzene rings is 1. The number of amides is 4.